The highest BCUT2D eigenvalue weighted by atomic mass is 16.5. The van der Waals surface area contributed by atoms with Crippen LogP contribution in [0.2, 0.25) is 0 Å². The Morgan fingerprint density at radius 3 is 2.42 bits per heavy atom. The van der Waals surface area contributed by atoms with Crippen LogP contribution in [-0.4, -0.2) is 22.2 Å². The first kappa shape index (κ1) is 14.2. The Bertz CT molecular complexity index is 902. The number of aromatic hydroxyl groups is 1. The average Bonchev–Trinajstić information content (AvgIpc) is 3.34. The number of methoxy groups -OCH3 is 1. The van der Waals surface area contributed by atoms with Gasteiger partial charge in [0.2, 0.25) is 0 Å². The lowest BCUT2D eigenvalue weighted by molar-refractivity contribution is 0.374. The molecule has 0 atom stereocenters. The van der Waals surface area contributed by atoms with Crippen LogP contribution in [0, 0.1) is 0 Å². The molecule has 4 aromatic rings. The van der Waals surface area contributed by atoms with Gasteiger partial charge in [-0.2, -0.15) is 0 Å². The van der Waals surface area contributed by atoms with Gasteiger partial charge in [-0.3, -0.25) is 0 Å². The van der Waals surface area contributed by atoms with Crippen LogP contribution in [0.25, 0.3) is 34.3 Å². The number of phenols is 1. The summed E-state index contributed by atoms with van der Waals surface area (Å²) in [6.45, 7) is 0. The number of hydrogen-bond acceptors (Lipinski definition) is 5. The van der Waals surface area contributed by atoms with E-state index in [1.165, 1.54) is 7.11 Å². The van der Waals surface area contributed by atoms with Gasteiger partial charge in [0.25, 0.3) is 0 Å². The van der Waals surface area contributed by atoms with Crippen LogP contribution in [-0.2, 0) is 0 Å². The zero-order valence-electron chi connectivity index (χ0n) is 12.8. The lowest BCUT2D eigenvalue weighted by Crippen LogP contribution is -1.87. The van der Waals surface area contributed by atoms with Gasteiger partial charge >= 0.3 is 0 Å². The second-order valence-electron chi connectivity index (χ2n) is 5.12. The van der Waals surface area contributed by atoms with E-state index in [1.54, 1.807) is 42.9 Å². The summed E-state index contributed by atoms with van der Waals surface area (Å²) in [5.74, 6) is 2.12. The number of aromatic amines is 1. The van der Waals surface area contributed by atoms with E-state index in [2.05, 4.69) is 9.97 Å². The Morgan fingerprint density at radius 1 is 1.00 bits per heavy atom. The van der Waals surface area contributed by atoms with Crippen molar-refractivity contribution >= 4 is 0 Å². The summed E-state index contributed by atoms with van der Waals surface area (Å²) < 4.78 is 16.1. The lowest BCUT2D eigenvalue weighted by Gasteiger charge is -2.06. The first-order chi connectivity index (χ1) is 11.8. The minimum Gasteiger partial charge on any atom is -0.504 e. The highest BCUT2D eigenvalue weighted by molar-refractivity contribution is 5.79. The number of rotatable bonds is 4. The number of H-pyrrole nitrogens is 1. The van der Waals surface area contributed by atoms with Crippen LogP contribution in [0.3, 0.4) is 0 Å². The summed E-state index contributed by atoms with van der Waals surface area (Å²) >= 11 is 0. The number of phenolic OH excluding ortho intramolecular Hbond substituents is 1. The van der Waals surface area contributed by atoms with E-state index in [-0.39, 0.29) is 5.75 Å². The van der Waals surface area contributed by atoms with E-state index >= 15 is 0 Å². The highest BCUT2D eigenvalue weighted by Gasteiger charge is 2.21. The van der Waals surface area contributed by atoms with Crippen LogP contribution in [0.1, 0.15) is 0 Å². The number of benzene rings is 1. The van der Waals surface area contributed by atoms with Gasteiger partial charge in [-0.05, 0) is 36.4 Å². The highest BCUT2D eigenvalue weighted by Crippen LogP contribution is 2.39. The predicted octanol–water partition coefficient (Wildman–Crippen LogP) is 4.31. The van der Waals surface area contributed by atoms with Gasteiger partial charge in [0.05, 0.1) is 25.2 Å². The fourth-order valence-electron chi connectivity index (χ4n) is 2.57. The first-order valence-electron chi connectivity index (χ1n) is 7.32. The largest absolute Gasteiger partial charge is 0.504 e. The fourth-order valence-corrected chi connectivity index (χ4v) is 2.57. The standard InChI is InChI=1S/C18H14N2O4/c1-22-14-6-2-5-11(17(14)21)18-19-15(12-7-3-9-23-12)16(20-18)13-8-4-10-24-13/h2-10,21H,1H3,(H,19,20). The monoisotopic (exact) mass is 322 g/mol. The lowest BCUT2D eigenvalue weighted by atomic mass is 10.2. The summed E-state index contributed by atoms with van der Waals surface area (Å²) in [7, 11) is 1.50. The number of hydrogen-bond donors (Lipinski definition) is 2. The Kier molecular flexibility index (Phi) is 3.35. The molecule has 0 unspecified atom stereocenters. The number of nitrogens with zero attached hydrogens (tertiary/aromatic N) is 1. The Balaban J connectivity index is 1.91. The van der Waals surface area contributed by atoms with Crippen molar-refractivity contribution in [3.05, 3.63) is 55.0 Å². The van der Waals surface area contributed by atoms with Gasteiger partial charge in [-0.1, -0.05) is 6.07 Å². The first-order valence-corrected chi connectivity index (χ1v) is 7.32. The van der Waals surface area contributed by atoms with Gasteiger partial charge in [-0.25, -0.2) is 4.98 Å². The maximum atomic E-state index is 10.4. The molecule has 0 spiro atoms. The van der Waals surface area contributed by atoms with Crippen molar-refractivity contribution in [1.29, 1.82) is 0 Å². The molecule has 0 aliphatic carbocycles. The van der Waals surface area contributed by atoms with Gasteiger partial charge in [-0.15, -0.1) is 0 Å². The number of aromatic nitrogens is 2. The summed E-state index contributed by atoms with van der Waals surface area (Å²) in [5.41, 5.74) is 1.80. The van der Waals surface area contributed by atoms with E-state index < -0.39 is 0 Å². The molecule has 0 amide bonds. The Labute approximate surface area is 137 Å². The van der Waals surface area contributed by atoms with E-state index in [9.17, 15) is 5.11 Å². The molecule has 120 valence electrons. The molecule has 0 aliphatic rings. The van der Waals surface area contributed by atoms with E-state index in [1.807, 2.05) is 12.1 Å². The second kappa shape index (κ2) is 5.66. The van der Waals surface area contributed by atoms with Gasteiger partial charge in [0.1, 0.15) is 17.2 Å². The third-order valence-corrected chi connectivity index (χ3v) is 3.70. The van der Waals surface area contributed by atoms with Crippen molar-refractivity contribution in [3.63, 3.8) is 0 Å². The summed E-state index contributed by atoms with van der Waals surface area (Å²) in [5, 5.41) is 10.4. The molecule has 6 nitrogen and oxygen atoms in total. The molecule has 0 saturated heterocycles. The predicted molar refractivity (Wildman–Crippen MR) is 87.6 cm³/mol. The normalized spacial score (nSPS) is 10.9. The third-order valence-electron chi connectivity index (χ3n) is 3.70. The Hall–Kier alpha value is -3.41. The molecular formula is C18H14N2O4. The van der Waals surface area contributed by atoms with Crippen molar-refractivity contribution in [2.24, 2.45) is 0 Å². The molecule has 0 aliphatic heterocycles. The third kappa shape index (κ3) is 2.25. The van der Waals surface area contributed by atoms with Crippen LogP contribution in [0.5, 0.6) is 11.5 Å². The molecule has 0 radical (unpaired) electrons. The van der Waals surface area contributed by atoms with E-state index in [0.29, 0.717) is 40.0 Å². The minimum absolute atomic E-state index is 0.0192. The number of ether oxygens (including phenoxy) is 1. The van der Waals surface area contributed by atoms with Gasteiger partial charge in [0, 0.05) is 0 Å². The average molecular weight is 322 g/mol. The maximum Gasteiger partial charge on any atom is 0.168 e. The molecule has 1 aromatic carbocycles. The summed E-state index contributed by atoms with van der Waals surface area (Å²) in [4.78, 5) is 7.79. The van der Waals surface area contributed by atoms with Gasteiger partial charge < -0.3 is 23.7 Å². The van der Waals surface area contributed by atoms with Crippen molar-refractivity contribution in [1.82, 2.24) is 9.97 Å². The topological polar surface area (TPSA) is 84.4 Å². The number of imidazole rings is 1. The molecule has 0 fully saturated rings. The molecule has 3 heterocycles. The van der Waals surface area contributed by atoms with Crippen LogP contribution in [0.4, 0.5) is 0 Å². The Morgan fingerprint density at radius 2 is 1.75 bits per heavy atom. The SMILES string of the molecule is COc1cccc(-c2nc(-c3ccco3)c(-c3ccco3)[nH]2)c1O. The molecular weight excluding hydrogens is 308 g/mol. The van der Waals surface area contributed by atoms with Crippen molar-refractivity contribution < 1.29 is 18.7 Å². The molecule has 0 bridgehead atoms. The summed E-state index contributed by atoms with van der Waals surface area (Å²) in [6.07, 6.45) is 3.17. The molecule has 4 rings (SSSR count). The van der Waals surface area contributed by atoms with Crippen LogP contribution >= 0.6 is 0 Å². The van der Waals surface area contributed by atoms with Crippen molar-refractivity contribution in [2.75, 3.05) is 7.11 Å². The number of para-hydroxylation sites is 1. The van der Waals surface area contributed by atoms with E-state index in [0.717, 1.165) is 0 Å². The van der Waals surface area contributed by atoms with E-state index in [4.69, 9.17) is 13.6 Å². The molecule has 2 N–H and O–H groups in total. The quantitative estimate of drug-likeness (QED) is 0.585. The molecule has 6 heteroatoms. The number of furan rings is 2. The fraction of sp³-hybridized carbons (Fsp3) is 0.0556. The molecule has 0 saturated carbocycles. The minimum atomic E-state index is 0.0192. The zero-order chi connectivity index (χ0) is 16.5. The van der Waals surface area contributed by atoms with Crippen LogP contribution < -0.4 is 4.74 Å². The summed E-state index contributed by atoms with van der Waals surface area (Å²) in [6, 6.07) is 12.5. The second-order valence-corrected chi connectivity index (χ2v) is 5.12. The maximum absolute atomic E-state index is 10.4. The van der Waals surface area contributed by atoms with Crippen molar-refractivity contribution in [3.8, 4) is 45.8 Å². The van der Waals surface area contributed by atoms with Gasteiger partial charge in [0.15, 0.2) is 23.0 Å². The molecule has 24 heavy (non-hydrogen) atoms. The van der Waals surface area contributed by atoms with Crippen molar-refractivity contribution in [2.45, 2.75) is 0 Å². The number of nitrogens with one attached hydrogen (secondary N) is 1. The molecule has 3 aromatic heterocycles. The van der Waals surface area contributed by atoms with Crippen LogP contribution in [0.15, 0.2) is 63.8 Å². The zero-order valence-corrected chi connectivity index (χ0v) is 12.8. The smallest absolute Gasteiger partial charge is 0.168 e.